The number of hydrogen-bond acceptors (Lipinski definition) is 3. The first-order valence-electron chi connectivity index (χ1n) is 7.57. The first-order valence-corrected chi connectivity index (χ1v) is 7.57. The number of benzene rings is 2. The molecule has 1 aromatic heterocycles. The lowest BCUT2D eigenvalue weighted by atomic mass is 10.2. The zero-order chi connectivity index (χ0) is 15.4. The van der Waals surface area contributed by atoms with Gasteiger partial charge in [0.2, 0.25) is 0 Å². The van der Waals surface area contributed by atoms with Gasteiger partial charge in [-0.15, -0.1) is 0 Å². The second-order valence-corrected chi connectivity index (χ2v) is 5.25. The van der Waals surface area contributed by atoms with E-state index in [1.807, 2.05) is 47.1 Å². The molecule has 112 valence electrons. The third kappa shape index (κ3) is 3.01. The van der Waals surface area contributed by atoms with Crippen LogP contribution in [0.15, 0.2) is 54.6 Å². The molecule has 4 heteroatoms. The fourth-order valence-electron chi connectivity index (χ4n) is 2.34. The van der Waals surface area contributed by atoms with E-state index in [9.17, 15) is 5.11 Å². The zero-order valence-corrected chi connectivity index (χ0v) is 12.6. The average molecular weight is 293 g/mol. The Balaban J connectivity index is 2.02. The van der Waals surface area contributed by atoms with E-state index < -0.39 is 0 Å². The monoisotopic (exact) mass is 293 g/mol. The van der Waals surface area contributed by atoms with Gasteiger partial charge in [-0.3, -0.25) is 0 Å². The van der Waals surface area contributed by atoms with Crippen molar-refractivity contribution < 1.29 is 5.11 Å². The van der Waals surface area contributed by atoms with Crippen molar-refractivity contribution in [1.82, 2.24) is 14.8 Å². The highest BCUT2D eigenvalue weighted by atomic mass is 16.3. The van der Waals surface area contributed by atoms with E-state index >= 15 is 0 Å². The maximum Gasteiger partial charge on any atom is 0.181 e. The van der Waals surface area contributed by atoms with Gasteiger partial charge in [0.05, 0.1) is 0 Å². The van der Waals surface area contributed by atoms with Gasteiger partial charge in [-0.05, 0) is 30.7 Å². The van der Waals surface area contributed by atoms with Crippen LogP contribution in [0, 0.1) is 0 Å². The lowest BCUT2D eigenvalue weighted by Crippen LogP contribution is -2.02. The smallest absolute Gasteiger partial charge is 0.181 e. The first kappa shape index (κ1) is 14.3. The molecule has 0 radical (unpaired) electrons. The van der Waals surface area contributed by atoms with Gasteiger partial charge < -0.3 is 5.11 Å². The zero-order valence-electron chi connectivity index (χ0n) is 12.6. The number of phenolic OH excluding ortho intramolecular Hbond substituents is 1. The summed E-state index contributed by atoms with van der Waals surface area (Å²) >= 11 is 0. The van der Waals surface area contributed by atoms with Crippen LogP contribution in [0.1, 0.15) is 19.8 Å². The highest BCUT2D eigenvalue weighted by molar-refractivity contribution is 5.62. The number of unbranched alkanes of at least 4 members (excludes halogenated alkanes) is 1. The molecule has 2 aromatic carbocycles. The molecule has 3 rings (SSSR count). The van der Waals surface area contributed by atoms with Crippen LogP contribution < -0.4 is 0 Å². The maximum atomic E-state index is 9.41. The molecular formula is C18H19N3O. The SMILES string of the molecule is CCCCn1nc(-c2ccc(O)cc2)nc1-c1ccccc1. The normalized spacial score (nSPS) is 10.8. The van der Waals surface area contributed by atoms with E-state index in [0.29, 0.717) is 5.82 Å². The molecule has 0 fully saturated rings. The molecule has 0 amide bonds. The molecular weight excluding hydrogens is 274 g/mol. The van der Waals surface area contributed by atoms with E-state index in [4.69, 9.17) is 4.98 Å². The summed E-state index contributed by atoms with van der Waals surface area (Å²) in [4.78, 5) is 4.70. The Bertz CT molecular complexity index is 733. The van der Waals surface area contributed by atoms with Crippen molar-refractivity contribution >= 4 is 0 Å². The Labute approximate surface area is 130 Å². The summed E-state index contributed by atoms with van der Waals surface area (Å²) in [5.74, 6) is 1.82. The van der Waals surface area contributed by atoms with E-state index in [-0.39, 0.29) is 5.75 Å². The minimum Gasteiger partial charge on any atom is -0.508 e. The fourth-order valence-corrected chi connectivity index (χ4v) is 2.34. The molecule has 4 nitrogen and oxygen atoms in total. The summed E-state index contributed by atoms with van der Waals surface area (Å²) in [5, 5.41) is 14.1. The maximum absolute atomic E-state index is 9.41. The van der Waals surface area contributed by atoms with Crippen molar-refractivity contribution in [3.8, 4) is 28.5 Å². The number of phenols is 1. The predicted octanol–water partition coefficient (Wildman–Crippen LogP) is 4.12. The number of aromatic nitrogens is 3. The van der Waals surface area contributed by atoms with Gasteiger partial charge in [0.1, 0.15) is 5.75 Å². The van der Waals surface area contributed by atoms with Crippen molar-refractivity contribution in [1.29, 1.82) is 0 Å². The number of aryl methyl sites for hydroxylation is 1. The molecule has 3 aromatic rings. The summed E-state index contributed by atoms with van der Waals surface area (Å²) < 4.78 is 1.97. The Morgan fingerprint density at radius 3 is 2.36 bits per heavy atom. The molecule has 0 aliphatic carbocycles. The molecule has 0 aliphatic rings. The second-order valence-electron chi connectivity index (χ2n) is 5.25. The molecule has 1 heterocycles. The van der Waals surface area contributed by atoms with Crippen LogP contribution in [-0.4, -0.2) is 19.9 Å². The number of hydrogen-bond donors (Lipinski definition) is 1. The minimum atomic E-state index is 0.248. The summed E-state index contributed by atoms with van der Waals surface area (Å²) in [6.07, 6.45) is 2.18. The number of nitrogens with zero attached hydrogens (tertiary/aromatic N) is 3. The first-order chi connectivity index (χ1) is 10.8. The van der Waals surface area contributed by atoms with Crippen molar-refractivity contribution in [3.05, 3.63) is 54.6 Å². The third-order valence-electron chi connectivity index (χ3n) is 3.55. The lowest BCUT2D eigenvalue weighted by Gasteiger charge is -2.04. The summed E-state index contributed by atoms with van der Waals surface area (Å²) in [6.45, 7) is 3.02. The highest BCUT2D eigenvalue weighted by Crippen LogP contribution is 2.24. The van der Waals surface area contributed by atoms with Gasteiger partial charge in [0, 0.05) is 17.7 Å². The van der Waals surface area contributed by atoms with Crippen LogP contribution in [0.2, 0.25) is 0 Å². The second kappa shape index (κ2) is 6.43. The number of rotatable bonds is 5. The van der Waals surface area contributed by atoms with Gasteiger partial charge in [-0.25, -0.2) is 9.67 Å². The lowest BCUT2D eigenvalue weighted by molar-refractivity contribution is 0.475. The Hall–Kier alpha value is -2.62. The molecule has 0 saturated carbocycles. The Kier molecular flexibility index (Phi) is 4.19. The molecule has 0 unspecified atom stereocenters. The Morgan fingerprint density at radius 1 is 0.955 bits per heavy atom. The van der Waals surface area contributed by atoms with Crippen LogP contribution in [-0.2, 0) is 6.54 Å². The summed E-state index contributed by atoms with van der Waals surface area (Å²) in [7, 11) is 0. The molecule has 1 N–H and O–H groups in total. The fraction of sp³-hybridized carbons (Fsp3) is 0.222. The molecule has 0 aliphatic heterocycles. The van der Waals surface area contributed by atoms with E-state index in [1.54, 1.807) is 12.1 Å². The predicted molar refractivity (Wildman–Crippen MR) is 87.5 cm³/mol. The molecule has 0 spiro atoms. The summed E-state index contributed by atoms with van der Waals surface area (Å²) in [6, 6.07) is 17.1. The molecule has 0 saturated heterocycles. The molecule has 0 bridgehead atoms. The van der Waals surface area contributed by atoms with Crippen molar-refractivity contribution in [2.75, 3.05) is 0 Å². The van der Waals surface area contributed by atoms with Crippen LogP contribution in [0.3, 0.4) is 0 Å². The topological polar surface area (TPSA) is 50.9 Å². The third-order valence-corrected chi connectivity index (χ3v) is 3.55. The number of aromatic hydroxyl groups is 1. The van der Waals surface area contributed by atoms with Gasteiger partial charge in [-0.2, -0.15) is 5.10 Å². The van der Waals surface area contributed by atoms with E-state index in [1.165, 1.54) is 0 Å². The van der Waals surface area contributed by atoms with E-state index in [2.05, 4.69) is 12.0 Å². The van der Waals surface area contributed by atoms with Crippen LogP contribution >= 0.6 is 0 Å². The average Bonchev–Trinajstić information content (AvgIpc) is 2.98. The standard InChI is InChI=1S/C18H19N3O/c1-2-3-13-21-18(15-7-5-4-6-8-15)19-17(20-21)14-9-11-16(22)12-10-14/h4-12,22H,2-3,13H2,1H3. The van der Waals surface area contributed by atoms with E-state index in [0.717, 1.165) is 36.3 Å². The Morgan fingerprint density at radius 2 is 1.68 bits per heavy atom. The molecule has 22 heavy (non-hydrogen) atoms. The van der Waals surface area contributed by atoms with Crippen molar-refractivity contribution in [2.45, 2.75) is 26.3 Å². The highest BCUT2D eigenvalue weighted by Gasteiger charge is 2.13. The largest absolute Gasteiger partial charge is 0.508 e. The van der Waals surface area contributed by atoms with Gasteiger partial charge in [-0.1, -0.05) is 43.7 Å². The van der Waals surface area contributed by atoms with Gasteiger partial charge in [0.15, 0.2) is 11.6 Å². The summed E-state index contributed by atoms with van der Waals surface area (Å²) in [5.41, 5.74) is 1.97. The molecule has 0 atom stereocenters. The van der Waals surface area contributed by atoms with Crippen LogP contribution in [0.5, 0.6) is 5.75 Å². The van der Waals surface area contributed by atoms with Gasteiger partial charge in [0.25, 0.3) is 0 Å². The quantitative estimate of drug-likeness (QED) is 0.770. The van der Waals surface area contributed by atoms with Crippen molar-refractivity contribution in [2.24, 2.45) is 0 Å². The van der Waals surface area contributed by atoms with Crippen molar-refractivity contribution in [3.63, 3.8) is 0 Å². The van der Waals surface area contributed by atoms with Crippen LogP contribution in [0.4, 0.5) is 0 Å². The van der Waals surface area contributed by atoms with Crippen LogP contribution in [0.25, 0.3) is 22.8 Å². The minimum absolute atomic E-state index is 0.248. The van der Waals surface area contributed by atoms with Gasteiger partial charge >= 0.3 is 0 Å².